The van der Waals surface area contributed by atoms with Crippen molar-refractivity contribution in [3.05, 3.63) is 34.6 Å². The standard InChI is InChI=1S/C11H16ClFN2/c1-2-5-15-11(7-14)9-6-8(12)3-4-10(9)13/h3-4,6,11,15H,2,5,7,14H2,1H3. The van der Waals surface area contributed by atoms with E-state index < -0.39 is 0 Å². The molecular formula is C11H16ClFN2. The third kappa shape index (κ3) is 3.45. The van der Waals surface area contributed by atoms with Crippen molar-refractivity contribution in [3.63, 3.8) is 0 Å². The van der Waals surface area contributed by atoms with E-state index in [1.54, 1.807) is 6.07 Å². The average Bonchev–Trinajstić information content (AvgIpc) is 2.24. The lowest BCUT2D eigenvalue weighted by Crippen LogP contribution is -2.29. The molecule has 0 fully saturated rings. The highest BCUT2D eigenvalue weighted by atomic mass is 35.5. The van der Waals surface area contributed by atoms with Gasteiger partial charge in [-0.1, -0.05) is 18.5 Å². The van der Waals surface area contributed by atoms with Crippen molar-refractivity contribution in [2.75, 3.05) is 13.1 Å². The van der Waals surface area contributed by atoms with Crippen LogP contribution in [-0.4, -0.2) is 13.1 Å². The second-order valence-electron chi connectivity index (χ2n) is 3.41. The SMILES string of the molecule is CCCNC(CN)c1cc(Cl)ccc1F. The molecule has 15 heavy (non-hydrogen) atoms. The van der Waals surface area contributed by atoms with Gasteiger partial charge in [-0.2, -0.15) is 0 Å². The van der Waals surface area contributed by atoms with Gasteiger partial charge in [-0.15, -0.1) is 0 Å². The first kappa shape index (κ1) is 12.4. The van der Waals surface area contributed by atoms with Crippen molar-refractivity contribution in [3.8, 4) is 0 Å². The molecule has 0 bridgehead atoms. The Kier molecular flexibility index (Phi) is 5.02. The first-order valence-corrected chi connectivity index (χ1v) is 5.45. The maximum Gasteiger partial charge on any atom is 0.128 e. The zero-order chi connectivity index (χ0) is 11.3. The van der Waals surface area contributed by atoms with Gasteiger partial charge in [-0.05, 0) is 31.2 Å². The molecule has 2 nitrogen and oxygen atoms in total. The van der Waals surface area contributed by atoms with E-state index in [0.29, 0.717) is 17.1 Å². The Hall–Kier alpha value is -0.640. The number of rotatable bonds is 5. The van der Waals surface area contributed by atoms with Crippen LogP contribution in [0.5, 0.6) is 0 Å². The van der Waals surface area contributed by atoms with Crippen molar-refractivity contribution < 1.29 is 4.39 Å². The highest BCUT2D eigenvalue weighted by Crippen LogP contribution is 2.20. The van der Waals surface area contributed by atoms with Crippen LogP contribution < -0.4 is 11.1 Å². The summed E-state index contributed by atoms with van der Waals surface area (Å²) in [5, 5.41) is 3.71. The van der Waals surface area contributed by atoms with Crippen LogP contribution in [0.3, 0.4) is 0 Å². The average molecular weight is 231 g/mol. The van der Waals surface area contributed by atoms with Crippen LogP contribution in [0, 0.1) is 5.82 Å². The molecule has 0 saturated carbocycles. The maximum atomic E-state index is 13.5. The van der Waals surface area contributed by atoms with Gasteiger partial charge in [0.2, 0.25) is 0 Å². The highest BCUT2D eigenvalue weighted by Gasteiger charge is 2.13. The van der Waals surface area contributed by atoms with Crippen LogP contribution in [0.25, 0.3) is 0 Å². The molecule has 0 saturated heterocycles. The summed E-state index contributed by atoms with van der Waals surface area (Å²) in [6, 6.07) is 4.36. The quantitative estimate of drug-likeness (QED) is 0.816. The van der Waals surface area contributed by atoms with Crippen molar-refractivity contribution >= 4 is 11.6 Å². The fourth-order valence-corrected chi connectivity index (χ4v) is 1.60. The van der Waals surface area contributed by atoms with Crippen LogP contribution in [0.1, 0.15) is 24.9 Å². The molecule has 0 aliphatic carbocycles. The fraction of sp³-hybridized carbons (Fsp3) is 0.455. The molecule has 0 aliphatic rings. The molecule has 1 rings (SSSR count). The van der Waals surface area contributed by atoms with Crippen LogP contribution >= 0.6 is 11.6 Å². The number of nitrogens with one attached hydrogen (secondary N) is 1. The second kappa shape index (κ2) is 6.05. The van der Waals surface area contributed by atoms with E-state index in [-0.39, 0.29) is 11.9 Å². The molecule has 3 N–H and O–H groups in total. The summed E-state index contributed by atoms with van der Waals surface area (Å²) in [5.74, 6) is -0.265. The van der Waals surface area contributed by atoms with Crippen LogP contribution in [0.15, 0.2) is 18.2 Å². The summed E-state index contributed by atoms with van der Waals surface area (Å²) in [4.78, 5) is 0. The van der Waals surface area contributed by atoms with E-state index in [0.717, 1.165) is 13.0 Å². The Morgan fingerprint density at radius 3 is 2.87 bits per heavy atom. The minimum absolute atomic E-state index is 0.163. The van der Waals surface area contributed by atoms with Gasteiger partial charge in [0.15, 0.2) is 0 Å². The van der Waals surface area contributed by atoms with Gasteiger partial charge in [-0.25, -0.2) is 4.39 Å². The lowest BCUT2D eigenvalue weighted by molar-refractivity contribution is 0.506. The summed E-state index contributed by atoms with van der Waals surface area (Å²) < 4.78 is 13.5. The zero-order valence-electron chi connectivity index (χ0n) is 8.76. The first-order chi connectivity index (χ1) is 7.19. The zero-order valence-corrected chi connectivity index (χ0v) is 9.52. The van der Waals surface area contributed by atoms with Gasteiger partial charge in [0.25, 0.3) is 0 Å². The first-order valence-electron chi connectivity index (χ1n) is 5.07. The van der Waals surface area contributed by atoms with Crippen LogP contribution in [0.4, 0.5) is 4.39 Å². The van der Waals surface area contributed by atoms with Gasteiger partial charge in [0, 0.05) is 23.2 Å². The molecular weight excluding hydrogens is 215 g/mol. The molecule has 0 heterocycles. The Morgan fingerprint density at radius 2 is 2.27 bits per heavy atom. The Bertz CT molecular complexity index is 317. The van der Waals surface area contributed by atoms with Crippen LogP contribution in [0.2, 0.25) is 5.02 Å². The van der Waals surface area contributed by atoms with Crippen molar-refractivity contribution in [2.45, 2.75) is 19.4 Å². The van der Waals surface area contributed by atoms with Crippen molar-refractivity contribution in [1.29, 1.82) is 0 Å². The number of halogens is 2. The van der Waals surface area contributed by atoms with Gasteiger partial charge in [-0.3, -0.25) is 0 Å². The van der Waals surface area contributed by atoms with E-state index in [9.17, 15) is 4.39 Å². The van der Waals surface area contributed by atoms with Gasteiger partial charge in [0.1, 0.15) is 5.82 Å². The predicted octanol–water partition coefficient (Wildman–Crippen LogP) is 2.48. The molecule has 1 unspecified atom stereocenters. The van der Waals surface area contributed by atoms with E-state index in [1.165, 1.54) is 12.1 Å². The summed E-state index contributed by atoms with van der Waals surface area (Å²) in [6.07, 6.45) is 0.985. The maximum absolute atomic E-state index is 13.5. The minimum atomic E-state index is -0.265. The van der Waals surface area contributed by atoms with Crippen LogP contribution in [-0.2, 0) is 0 Å². The molecule has 1 aromatic carbocycles. The van der Waals surface area contributed by atoms with Gasteiger partial charge in [0.05, 0.1) is 0 Å². The predicted molar refractivity (Wildman–Crippen MR) is 61.5 cm³/mol. The largest absolute Gasteiger partial charge is 0.329 e. The van der Waals surface area contributed by atoms with Crippen molar-refractivity contribution in [2.24, 2.45) is 5.73 Å². The second-order valence-corrected chi connectivity index (χ2v) is 3.84. The summed E-state index contributed by atoms with van der Waals surface area (Å²) in [7, 11) is 0. The minimum Gasteiger partial charge on any atom is -0.329 e. The Balaban J connectivity index is 2.85. The van der Waals surface area contributed by atoms with E-state index in [2.05, 4.69) is 12.2 Å². The molecule has 1 aromatic rings. The van der Waals surface area contributed by atoms with Crippen molar-refractivity contribution in [1.82, 2.24) is 5.32 Å². The van der Waals surface area contributed by atoms with E-state index >= 15 is 0 Å². The highest BCUT2D eigenvalue weighted by molar-refractivity contribution is 6.30. The number of benzene rings is 1. The molecule has 0 aliphatic heterocycles. The summed E-state index contributed by atoms with van der Waals surface area (Å²) in [6.45, 7) is 3.22. The molecule has 4 heteroatoms. The molecule has 84 valence electrons. The number of hydrogen-bond donors (Lipinski definition) is 2. The lowest BCUT2D eigenvalue weighted by Gasteiger charge is -2.17. The van der Waals surface area contributed by atoms with E-state index in [4.69, 9.17) is 17.3 Å². The monoisotopic (exact) mass is 230 g/mol. The molecule has 0 aromatic heterocycles. The summed E-state index contributed by atoms with van der Waals surface area (Å²) >= 11 is 5.82. The number of nitrogens with two attached hydrogens (primary N) is 1. The molecule has 0 amide bonds. The number of hydrogen-bond acceptors (Lipinski definition) is 2. The lowest BCUT2D eigenvalue weighted by atomic mass is 10.1. The summed E-state index contributed by atoms with van der Waals surface area (Å²) in [5.41, 5.74) is 6.13. The molecule has 0 radical (unpaired) electrons. The van der Waals surface area contributed by atoms with Gasteiger partial charge < -0.3 is 11.1 Å². The van der Waals surface area contributed by atoms with Gasteiger partial charge >= 0.3 is 0 Å². The Labute approximate surface area is 94.6 Å². The molecule has 0 spiro atoms. The van der Waals surface area contributed by atoms with E-state index in [1.807, 2.05) is 0 Å². The topological polar surface area (TPSA) is 38.0 Å². The normalized spacial score (nSPS) is 12.8. The third-order valence-electron chi connectivity index (χ3n) is 2.21. The third-order valence-corrected chi connectivity index (χ3v) is 2.44. The Morgan fingerprint density at radius 1 is 1.53 bits per heavy atom. The molecule has 1 atom stereocenters. The smallest absolute Gasteiger partial charge is 0.128 e. The fourth-order valence-electron chi connectivity index (χ4n) is 1.42.